The highest BCUT2D eigenvalue weighted by Gasteiger charge is 2.48. The van der Waals surface area contributed by atoms with Gasteiger partial charge in [0.25, 0.3) is 0 Å². The van der Waals surface area contributed by atoms with Gasteiger partial charge in [0.1, 0.15) is 28.6 Å². The van der Waals surface area contributed by atoms with Crippen LogP contribution in [0, 0.1) is 11.6 Å². The second kappa shape index (κ2) is 8.05. The Morgan fingerprint density at radius 1 is 1.11 bits per heavy atom. The standard InChI is InChI=1S/C26H19F2N7O2/c1-26(14-4-7-16(28)19(36)11-14)20-21(29)32-22(33-23(20)34-25(26)37)18-12-35-9-8-30-24(35)17(31-18)10-13-2-5-15(27)6-3-13/h2-9,11-12,36H,10H2,1H3,(H3,29,32,33,34,37). The fourth-order valence-electron chi connectivity index (χ4n) is 4.64. The molecule has 3 aromatic heterocycles. The number of carbonyl (C=O) groups is 1. The molecule has 1 aliphatic heterocycles. The van der Waals surface area contributed by atoms with Crippen molar-refractivity contribution in [2.75, 3.05) is 11.1 Å². The van der Waals surface area contributed by atoms with Crippen molar-refractivity contribution in [3.8, 4) is 17.3 Å². The molecule has 0 spiro atoms. The van der Waals surface area contributed by atoms with E-state index >= 15 is 0 Å². The number of nitrogens with zero attached hydrogens (tertiary/aromatic N) is 5. The molecule has 0 radical (unpaired) electrons. The Labute approximate surface area is 208 Å². The van der Waals surface area contributed by atoms with E-state index in [1.807, 2.05) is 0 Å². The van der Waals surface area contributed by atoms with Gasteiger partial charge in [-0.05, 0) is 42.3 Å². The lowest BCUT2D eigenvalue weighted by atomic mass is 9.77. The predicted octanol–water partition coefficient (Wildman–Crippen LogP) is 3.60. The first-order valence-corrected chi connectivity index (χ1v) is 11.3. The minimum absolute atomic E-state index is 0.0391. The van der Waals surface area contributed by atoms with Crippen LogP contribution >= 0.6 is 0 Å². The maximum absolute atomic E-state index is 13.7. The van der Waals surface area contributed by atoms with Crippen LogP contribution in [0.25, 0.3) is 17.2 Å². The first kappa shape index (κ1) is 22.5. The van der Waals surface area contributed by atoms with Crippen molar-refractivity contribution in [2.24, 2.45) is 0 Å². The van der Waals surface area contributed by atoms with Crippen molar-refractivity contribution in [3.05, 3.63) is 95.1 Å². The van der Waals surface area contributed by atoms with Gasteiger partial charge in [-0.2, -0.15) is 0 Å². The van der Waals surface area contributed by atoms with E-state index in [1.165, 1.54) is 24.3 Å². The predicted molar refractivity (Wildman–Crippen MR) is 131 cm³/mol. The number of phenolic OH excluding ortho intramolecular Hbond substituents is 1. The molecular formula is C26H19F2N7O2. The number of rotatable bonds is 4. The Morgan fingerprint density at radius 2 is 1.89 bits per heavy atom. The smallest absolute Gasteiger partial charge is 0.240 e. The summed E-state index contributed by atoms with van der Waals surface area (Å²) in [6, 6.07) is 9.80. The molecule has 6 rings (SSSR count). The quantitative estimate of drug-likeness (QED) is 0.344. The lowest BCUT2D eigenvalue weighted by molar-refractivity contribution is -0.119. The van der Waals surface area contributed by atoms with Crippen LogP contribution in [0.3, 0.4) is 0 Å². The number of anilines is 2. The summed E-state index contributed by atoms with van der Waals surface area (Å²) in [4.78, 5) is 31.2. The Morgan fingerprint density at radius 3 is 2.65 bits per heavy atom. The molecule has 1 aliphatic rings. The number of aromatic hydroxyl groups is 1. The molecule has 0 fully saturated rings. The minimum Gasteiger partial charge on any atom is -0.505 e. The molecule has 1 atom stereocenters. The van der Waals surface area contributed by atoms with E-state index in [0.717, 1.165) is 11.6 Å². The summed E-state index contributed by atoms with van der Waals surface area (Å²) < 4.78 is 28.8. The van der Waals surface area contributed by atoms with E-state index in [2.05, 4.69) is 20.3 Å². The number of halogens is 2. The Balaban J connectivity index is 1.45. The first-order valence-electron chi connectivity index (χ1n) is 11.3. The van der Waals surface area contributed by atoms with Crippen molar-refractivity contribution >= 4 is 23.2 Å². The van der Waals surface area contributed by atoms with Crippen molar-refractivity contribution in [3.63, 3.8) is 0 Å². The van der Waals surface area contributed by atoms with Gasteiger partial charge in [-0.1, -0.05) is 18.2 Å². The second-order valence-electron chi connectivity index (χ2n) is 8.94. The molecule has 1 unspecified atom stereocenters. The molecule has 184 valence electrons. The van der Waals surface area contributed by atoms with E-state index in [1.54, 1.807) is 42.0 Å². The number of aromatic nitrogens is 5. The van der Waals surface area contributed by atoms with Gasteiger partial charge >= 0.3 is 0 Å². The molecule has 4 heterocycles. The van der Waals surface area contributed by atoms with E-state index < -0.39 is 22.9 Å². The van der Waals surface area contributed by atoms with Gasteiger partial charge in [0.15, 0.2) is 23.0 Å². The number of hydrogen-bond donors (Lipinski definition) is 3. The van der Waals surface area contributed by atoms with Crippen molar-refractivity contribution in [1.29, 1.82) is 0 Å². The zero-order valence-corrected chi connectivity index (χ0v) is 19.4. The zero-order valence-electron chi connectivity index (χ0n) is 19.4. The average Bonchev–Trinajstić information content (AvgIpc) is 3.45. The molecule has 1 amide bonds. The van der Waals surface area contributed by atoms with Crippen LogP contribution in [0.5, 0.6) is 5.75 Å². The Hall–Kier alpha value is -4.93. The van der Waals surface area contributed by atoms with Gasteiger partial charge in [0.2, 0.25) is 5.91 Å². The van der Waals surface area contributed by atoms with Crippen molar-refractivity contribution < 1.29 is 18.7 Å². The maximum atomic E-state index is 13.7. The van der Waals surface area contributed by atoms with Crippen LogP contribution in [0.15, 0.2) is 61.1 Å². The molecule has 5 aromatic rings. The lowest BCUT2D eigenvalue weighted by Gasteiger charge is -2.23. The number of fused-ring (bicyclic) bond motifs is 2. The van der Waals surface area contributed by atoms with Crippen molar-refractivity contribution in [1.82, 2.24) is 24.3 Å². The molecule has 2 aromatic carbocycles. The third kappa shape index (κ3) is 3.54. The van der Waals surface area contributed by atoms with Gasteiger partial charge in [-0.3, -0.25) is 4.79 Å². The van der Waals surface area contributed by atoms with Gasteiger partial charge in [0, 0.05) is 25.0 Å². The molecular weight excluding hydrogens is 480 g/mol. The molecule has 11 heteroatoms. The number of nitrogens with two attached hydrogens (primary N) is 1. The van der Waals surface area contributed by atoms with Crippen LogP contribution in [-0.2, 0) is 16.6 Å². The zero-order chi connectivity index (χ0) is 25.9. The Bertz CT molecular complexity index is 1720. The van der Waals surface area contributed by atoms with E-state index in [4.69, 9.17) is 10.7 Å². The number of nitrogen functional groups attached to an aromatic ring is 1. The molecule has 4 N–H and O–H groups in total. The van der Waals surface area contributed by atoms with Gasteiger partial charge in [-0.25, -0.2) is 28.7 Å². The van der Waals surface area contributed by atoms with Crippen LogP contribution < -0.4 is 11.1 Å². The van der Waals surface area contributed by atoms with Crippen molar-refractivity contribution in [2.45, 2.75) is 18.8 Å². The molecule has 37 heavy (non-hydrogen) atoms. The van der Waals surface area contributed by atoms with Crippen LogP contribution in [0.2, 0.25) is 0 Å². The van der Waals surface area contributed by atoms with Gasteiger partial charge in [0.05, 0.1) is 11.3 Å². The van der Waals surface area contributed by atoms with E-state index in [-0.39, 0.29) is 23.3 Å². The van der Waals surface area contributed by atoms with Crippen LogP contribution in [-0.4, -0.2) is 35.4 Å². The number of benzene rings is 2. The van der Waals surface area contributed by atoms with Gasteiger partial charge < -0.3 is 20.6 Å². The normalized spacial score (nSPS) is 16.7. The molecule has 0 aliphatic carbocycles. The topological polar surface area (TPSA) is 131 Å². The summed E-state index contributed by atoms with van der Waals surface area (Å²) in [7, 11) is 0. The number of imidazole rings is 1. The highest BCUT2D eigenvalue weighted by Crippen LogP contribution is 2.45. The summed E-state index contributed by atoms with van der Waals surface area (Å²) in [5.74, 6) is -1.74. The molecule has 0 bridgehead atoms. The highest BCUT2D eigenvalue weighted by atomic mass is 19.1. The maximum Gasteiger partial charge on any atom is 0.240 e. The molecule has 9 nitrogen and oxygen atoms in total. The molecule has 0 saturated heterocycles. The summed E-state index contributed by atoms with van der Waals surface area (Å²) in [6.45, 7) is 1.61. The summed E-state index contributed by atoms with van der Waals surface area (Å²) >= 11 is 0. The number of amides is 1. The monoisotopic (exact) mass is 499 g/mol. The second-order valence-corrected chi connectivity index (χ2v) is 8.94. The summed E-state index contributed by atoms with van der Waals surface area (Å²) in [5, 5.41) is 12.6. The number of carbonyl (C=O) groups excluding carboxylic acids is 1. The average molecular weight is 499 g/mol. The third-order valence-electron chi connectivity index (χ3n) is 6.60. The van der Waals surface area contributed by atoms with Gasteiger partial charge in [-0.15, -0.1) is 0 Å². The highest BCUT2D eigenvalue weighted by molar-refractivity contribution is 6.09. The van der Waals surface area contributed by atoms with Crippen LogP contribution in [0.4, 0.5) is 20.4 Å². The minimum atomic E-state index is -1.35. The third-order valence-corrected chi connectivity index (χ3v) is 6.60. The lowest BCUT2D eigenvalue weighted by Crippen LogP contribution is -2.33. The number of hydrogen-bond acceptors (Lipinski definition) is 7. The first-order chi connectivity index (χ1) is 17.7. The van der Waals surface area contributed by atoms with E-state index in [9.17, 15) is 18.7 Å². The largest absolute Gasteiger partial charge is 0.505 e. The number of phenols is 1. The summed E-state index contributed by atoms with van der Waals surface area (Å²) in [6.07, 6.45) is 5.48. The fraction of sp³-hybridized carbons (Fsp3) is 0.115. The number of nitrogens with one attached hydrogen (secondary N) is 1. The Kier molecular flexibility index (Phi) is 4.90. The van der Waals surface area contributed by atoms with E-state index in [0.29, 0.717) is 34.6 Å². The summed E-state index contributed by atoms with van der Waals surface area (Å²) in [5.41, 5.74) is 8.14. The SMILES string of the molecule is CC1(c2ccc(F)c(O)c2)C(=O)Nc2nc(-c3cn4ccnc4c(Cc4ccc(F)cc4)n3)nc(N)c21. The molecule has 0 saturated carbocycles. The fourth-order valence-corrected chi connectivity index (χ4v) is 4.64. The van der Waals surface area contributed by atoms with Crippen LogP contribution in [0.1, 0.15) is 29.3 Å².